The molecule has 8 aromatic rings. The highest BCUT2D eigenvalue weighted by molar-refractivity contribution is 6.26. The lowest BCUT2D eigenvalue weighted by molar-refractivity contribution is 0.674. The van der Waals surface area contributed by atoms with Gasteiger partial charge in [-0.2, -0.15) is 0 Å². The predicted octanol–water partition coefficient (Wildman–Crippen LogP) is 7.80. The maximum Gasteiger partial charge on any atom is 0.161 e. The molecule has 0 spiro atoms. The highest BCUT2D eigenvalue weighted by Crippen LogP contribution is 2.44. The van der Waals surface area contributed by atoms with Crippen molar-refractivity contribution in [1.29, 1.82) is 0 Å². The topological polar surface area (TPSA) is 30.4 Å². The molecule has 0 radical (unpaired) electrons. The lowest BCUT2D eigenvalue weighted by atomic mass is 10.0. The number of hydrogen-bond acceptors (Lipinski definition) is 2. The molecule has 0 aliphatic heterocycles. The molecule has 32 heavy (non-hydrogen) atoms. The number of nitrogens with zero attached hydrogens (tertiary/aromatic N) is 2. The largest absolute Gasteiger partial charge is 0.453 e. The van der Waals surface area contributed by atoms with Crippen molar-refractivity contribution < 1.29 is 4.42 Å². The number of rotatable bonds is 1. The van der Waals surface area contributed by atoms with Gasteiger partial charge in [-0.15, -0.1) is 0 Å². The summed E-state index contributed by atoms with van der Waals surface area (Å²) in [6.07, 6.45) is 1.88. The van der Waals surface area contributed by atoms with Crippen LogP contribution in [-0.2, 0) is 0 Å². The van der Waals surface area contributed by atoms with Crippen LogP contribution in [0.5, 0.6) is 0 Å². The van der Waals surface area contributed by atoms with Gasteiger partial charge >= 0.3 is 0 Å². The van der Waals surface area contributed by atoms with E-state index in [1.807, 2.05) is 6.20 Å². The Hall–Kier alpha value is -4.37. The highest BCUT2D eigenvalue weighted by Gasteiger charge is 2.23. The molecule has 0 saturated carbocycles. The molecule has 0 saturated heterocycles. The first-order valence-electron chi connectivity index (χ1n) is 10.8. The van der Waals surface area contributed by atoms with Crippen molar-refractivity contribution in [3.8, 4) is 11.3 Å². The van der Waals surface area contributed by atoms with Gasteiger partial charge in [0.05, 0.1) is 16.7 Å². The lowest BCUT2D eigenvalue weighted by Crippen LogP contribution is -1.87. The molecule has 3 nitrogen and oxygen atoms in total. The number of hydrogen-bond donors (Lipinski definition) is 0. The van der Waals surface area contributed by atoms with Gasteiger partial charge in [0.25, 0.3) is 0 Å². The number of pyridine rings is 1. The standard InChI is InChI=1S/C29H16N2O/c1-2-8-18-17(7-1)15-16-30-25(18)21-11-6-13-23-27-29(32-28(21)23)22-12-5-10-20-19-9-3-4-14-24(19)31(27)26(20)22/h1-16H. The average molecular weight is 408 g/mol. The summed E-state index contributed by atoms with van der Waals surface area (Å²) >= 11 is 0. The van der Waals surface area contributed by atoms with Gasteiger partial charge in [0.2, 0.25) is 0 Å². The zero-order chi connectivity index (χ0) is 20.8. The van der Waals surface area contributed by atoms with Crippen molar-refractivity contribution in [2.24, 2.45) is 0 Å². The zero-order valence-electron chi connectivity index (χ0n) is 17.0. The Morgan fingerprint density at radius 1 is 0.562 bits per heavy atom. The monoisotopic (exact) mass is 408 g/mol. The number of benzene rings is 4. The van der Waals surface area contributed by atoms with Gasteiger partial charge in [-0.1, -0.05) is 60.7 Å². The number of para-hydroxylation sites is 3. The van der Waals surface area contributed by atoms with Gasteiger partial charge in [-0.3, -0.25) is 4.98 Å². The molecular formula is C29H16N2O. The van der Waals surface area contributed by atoms with Crippen LogP contribution in [0.2, 0.25) is 0 Å². The molecular weight excluding hydrogens is 392 g/mol. The third-order valence-corrected chi connectivity index (χ3v) is 6.78. The fraction of sp³-hybridized carbons (Fsp3) is 0. The molecule has 0 amide bonds. The fourth-order valence-corrected chi connectivity index (χ4v) is 5.47. The molecule has 8 rings (SSSR count). The Morgan fingerprint density at radius 2 is 1.28 bits per heavy atom. The van der Waals surface area contributed by atoms with Crippen molar-refractivity contribution >= 4 is 60.0 Å². The van der Waals surface area contributed by atoms with Gasteiger partial charge < -0.3 is 8.82 Å². The SMILES string of the molecule is c1ccc2c(-c3cccc4c3oc3c5cccc6c7ccccc7n(c65)c43)nccc2c1. The van der Waals surface area contributed by atoms with Crippen LogP contribution in [0.25, 0.3) is 71.3 Å². The molecule has 0 fully saturated rings. The second-order valence-corrected chi connectivity index (χ2v) is 8.40. The molecule has 0 atom stereocenters. The molecule has 4 aromatic heterocycles. The van der Waals surface area contributed by atoms with Crippen LogP contribution < -0.4 is 0 Å². The molecule has 0 N–H and O–H groups in total. The first-order valence-corrected chi connectivity index (χ1v) is 10.8. The van der Waals surface area contributed by atoms with Gasteiger partial charge in [-0.05, 0) is 35.7 Å². The van der Waals surface area contributed by atoms with Crippen molar-refractivity contribution in [3.05, 3.63) is 97.2 Å². The van der Waals surface area contributed by atoms with E-state index in [9.17, 15) is 0 Å². The highest BCUT2D eigenvalue weighted by atomic mass is 16.3. The van der Waals surface area contributed by atoms with E-state index in [0.29, 0.717) is 0 Å². The molecule has 3 heteroatoms. The van der Waals surface area contributed by atoms with E-state index in [4.69, 9.17) is 9.40 Å². The Morgan fingerprint density at radius 3 is 2.22 bits per heavy atom. The van der Waals surface area contributed by atoms with E-state index in [1.54, 1.807) is 0 Å². The Bertz CT molecular complexity index is 1980. The summed E-state index contributed by atoms with van der Waals surface area (Å²) in [6.45, 7) is 0. The predicted molar refractivity (Wildman–Crippen MR) is 132 cm³/mol. The van der Waals surface area contributed by atoms with E-state index < -0.39 is 0 Å². The Balaban J connectivity index is 1.60. The summed E-state index contributed by atoms with van der Waals surface area (Å²) in [5.41, 5.74) is 7.40. The van der Waals surface area contributed by atoms with Crippen molar-refractivity contribution in [1.82, 2.24) is 9.38 Å². The third-order valence-electron chi connectivity index (χ3n) is 6.78. The molecule has 0 aliphatic carbocycles. The molecule has 0 bridgehead atoms. The number of furan rings is 1. The van der Waals surface area contributed by atoms with Crippen LogP contribution in [0.4, 0.5) is 0 Å². The molecule has 0 unspecified atom stereocenters. The minimum Gasteiger partial charge on any atom is -0.453 e. The maximum absolute atomic E-state index is 6.66. The van der Waals surface area contributed by atoms with Crippen LogP contribution in [-0.4, -0.2) is 9.38 Å². The normalized spacial score (nSPS) is 12.4. The van der Waals surface area contributed by atoms with E-state index in [-0.39, 0.29) is 0 Å². The van der Waals surface area contributed by atoms with Gasteiger partial charge in [0.15, 0.2) is 5.58 Å². The molecule has 0 aliphatic rings. The smallest absolute Gasteiger partial charge is 0.161 e. The summed E-state index contributed by atoms with van der Waals surface area (Å²) in [7, 11) is 0. The number of aromatic nitrogens is 2. The van der Waals surface area contributed by atoms with Crippen molar-refractivity contribution in [3.63, 3.8) is 0 Å². The van der Waals surface area contributed by atoms with Crippen molar-refractivity contribution in [2.75, 3.05) is 0 Å². The summed E-state index contributed by atoms with van der Waals surface area (Å²) in [5.74, 6) is 0. The van der Waals surface area contributed by atoms with Gasteiger partial charge in [0.1, 0.15) is 11.1 Å². The van der Waals surface area contributed by atoms with Crippen LogP contribution in [0.3, 0.4) is 0 Å². The quantitative estimate of drug-likeness (QED) is 0.277. The summed E-state index contributed by atoms with van der Waals surface area (Å²) in [5, 5.41) is 7.12. The van der Waals surface area contributed by atoms with Crippen LogP contribution >= 0.6 is 0 Å². The van der Waals surface area contributed by atoms with E-state index in [0.717, 1.165) is 44.1 Å². The van der Waals surface area contributed by atoms with E-state index in [2.05, 4.69) is 95.4 Å². The first kappa shape index (κ1) is 16.3. The summed E-state index contributed by atoms with van der Waals surface area (Å²) < 4.78 is 9.04. The Labute approximate surface area is 182 Å². The van der Waals surface area contributed by atoms with Crippen LogP contribution in [0.1, 0.15) is 0 Å². The van der Waals surface area contributed by atoms with Crippen LogP contribution in [0.15, 0.2) is 102 Å². The number of fused-ring (bicyclic) bond motifs is 9. The summed E-state index contributed by atoms with van der Waals surface area (Å²) in [6, 6.07) is 32.0. The summed E-state index contributed by atoms with van der Waals surface area (Å²) in [4.78, 5) is 4.77. The van der Waals surface area contributed by atoms with E-state index in [1.165, 1.54) is 27.2 Å². The van der Waals surface area contributed by atoms with Gasteiger partial charge in [-0.25, -0.2) is 0 Å². The average Bonchev–Trinajstić information content (AvgIpc) is 3.49. The minimum atomic E-state index is 0.891. The van der Waals surface area contributed by atoms with E-state index >= 15 is 0 Å². The lowest BCUT2D eigenvalue weighted by Gasteiger charge is -2.06. The third kappa shape index (κ3) is 1.85. The minimum absolute atomic E-state index is 0.891. The molecule has 4 heterocycles. The maximum atomic E-state index is 6.66. The zero-order valence-corrected chi connectivity index (χ0v) is 17.0. The first-order chi connectivity index (χ1) is 15.9. The second kappa shape index (κ2) is 5.65. The molecule has 148 valence electrons. The van der Waals surface area contributed by atoms with Crippen LogP contribution in [0, 0.1) is 0 Å². The Kier molecular flexibility index (Phi) is 2.89. The fourth-order valence-electron chi connectivity index (χ4n) is 5.47. The molecule has 4 aromatic carbocycles. The van der Waals surface area contributed by atoms with Gasteiger partial charge in [0, 0.05) is 38.7 Å². The van der Waals surface area contributed by atoms with Crippen molar-refractivity contribution in [2.45, 2.75) is 0 Å². The second-order valence-electron chi connectivity index (χ2n) is 8.40.